The van der Waals surface area contributed by atoms with E-state index < -0.39 is 17.0 Å². The number of ketones is 1. The molecule has 1 heterocycles. The number of nitrogens with one attached hydrogen (secondary N) is 1. The van der Waals surface area contributed by atoms with Crippen LogP contribution in [0.15, 0.2) is 54.6 Å². The van der Waals surface area contributed by atoms with Gasteiger partial charge in [0.05, 0.1) is 0 Å². The number of fused-ring (bicyclic) bond motifs is 1. The van der Waals surface area contributed by atoms with Gasteiger partial charge in [-0.15, -0.1) is 0 Å². The fraction of sp³-hybridized carbons (Fsp3) is 0.133. The summed E-state index contributed by atoms with van der Waals surface area (Å²) in [4.78, 5) is 23.3. The molecule has 5 nitrogen and oxygen atoms in total. The van der Waals surface area contributed by atoms with E-state index in [1.165, 1.54) is 0 Å². The van der Waals surface area contributed by atoms with Crippen molar-refractivity contribution in [3.05, 3.63) is 75.8 Å². The molecule has 20 heavy (non-hydrogen) atoms. The number of hydrogen-bond donors (Lipinski definition) is 1. The molecule has 1 atom stereocenters. The molecule has 2 aromatic carbocycles. The van der Waals surface area contributed by atoms with Crippen molar-refractivity contribution in [1.29, 1.82) is 0 Å². The van der Waals surface area contributed by atoms with Crippen LogP contribution in [0.3, 0.4) is 0 Å². The smallest absolute Gasteiger partial charge is 0.238 e. The summed E-state index contributed by atoms with van der Waals surface area (Å²) in [5.41, 5.74) is 0.438. The molecule has 5 heteroatoms. The van der Waals surface area contributed by atoms with E-state index in [1.807, 2.05) is 6.07 Å². The van der Waals surface area contributed by atoms with E-state index in [0.717, 1.165) is 0 Å². The van der Waals surface area contributed by atoms with E-state index >= 15 is 0 Å². The monoisotopic (exact) mass is 268 g/mol. The maximum atomic E-state index is 12.7. The number of rotatable bonds is 3. The Kier molecular flexibility index (Phi) is 2.75. The molecule has 0 spiro atoms. The summed E-state index contributed by atoms with van der Waals surface area (Å²) in [6.45, 7) is -0.482. The van der Waals surface area contributed by atoms with Crippen LogP contribution in [0.4, 0.5) is 5.69 Å². The molecule has 0 saturated carbocycles. The van der Waals surface area contributed by atoms with Crippen molar-refractivity contribution in [2.45, 2.75) is 5.54 Å². The zero-order valence-electron chi connectivity index (χ0n) is 10.6. The van der Waals surface area contributed by atoms with Gasteiger partial charge in [-0.3, -0.25) is 14.9 Å². The van der Waals surface area contributed by atoms with Crippen molar-refractivity contribution >= 4 is 11.5 Å². The molecule has 0 amide bonds. The van der Waals surface area contributed by atoms with E-state index in [-0.39, 0.29) is 5.78 Å². The van der Waals surface area contributed by atoms with Crippen LogP contribution in [-0.2, 0) is 5.54 Å². The average Bonchev–Trinajstić information content (AvgIpc) is 2.74. The molecule has 0 aliphatic carbocycles. The first-order chi connectivity index (χ1) is 9.63. The summed E-state index contributed by atoms with van der Waals surface area (Å²) < 4.78 is 0. The first kappa shape index (κ1) is 12.3. The molecule has 0 saturated heterocycles. The summed E-state index contributed by atoms with van der Waals surface area (Å²) in [7, 11) is 0. The number of benzene rings is 2. The molecular weight excluding hydrogens is 256 g/mol. The van der Waals surface area contributed by atoms with Gasteiger partial charge < -0.3 is 5.32 Å². The number of carbonyl (C=O) groups excluding carboxylic acids is 1. The zero-order valence-corrected chi connectivity index (χ0v) is 10.6. The van der Waals surface area contributed by atoms with E-state index in [2.05, 4.69) is 5.32 Å². The van der Waals surface area contributed by atoms with Crippen LogP contribution in [0, 0.1) is 10.1 Å². The van der Waals surface area contributed by atoms with Crippen LogP contribution in [0.2, 0.25) is 0 Å². The van der Waals surface area contributed by atoms with E-state index in [1.54, 1.807) is 48.5 Å². The minimum Gasteiger partial charge on any atom is -0.363 e. The quantitative estimate of drug-likeness (QED) is 0.685. The molecule has 0 radical (unpaired) electrons. The fourth-order valence-corrected chi connectivity index (χ4v) is 2.63. The SMILES string of the molecule is O=C1c2ccccc2N[C@]1(C[N+](=O)[O-])c1ccccc1. The standard InChI is InChI=1S/C15H12N2O3/c18-14-12-8-4-5-9-13(12)16-15(14,10-17(19)20)11-6-2-1-3-7-11/h1-9,16H,10H2/t15-/m1/s1. The molecule has 0 bridgehead atoms. The highest BCUT2D eigenvalue weighted by Gasteiger charge is 2.50. The highest BCUT2D eigenvalue weighted by molar-refractivity contribution is 6.13. The Hall–Kier alpha value is -2.69. The van der Waals surface area contributed by atoms with Gasteiger partial charge in [0.15, 0.2) is 5.54 Å². The molecular formula is C15H12N2O3. The van der Waals surface area contributed by atoms with Gasteiger partial charge in [0.25, 0.3) is 0 Å². The van der Waals surface area contributed by atoms with Gasteiger partial charge in [0.1, 0.15) is 0 Å². The largest absolute Gasteiger partial charge is 0.363 e. The van der Waals surface area contributed by atoms with E-state index in [4.69, 9.17) is 0 Å². The highest BCUT2D eigenvalue weighted by atomic mass is 16.6. The number of nitro groups is 1. The van der Waals surface area contributed by atoms with Crippen LogP contribution in [0.25, 0.3) is 0 Å². The molecule has 100 valence electrons. The summed E-state index contributed by atoms with van der Waals surface area (Å²) in [5.74, 6) is -0.254. The normalized spacial score (nSPS) is 20.3. The number of Topliss-reactive ketones (excluding diaryl/α,β-unsaturated/α-hetero) is 1. The molecule has 1 N–H and O–H groups in total. The number of nitrogens with zero attached hydrogens (tertiary/aromatic N) is 1. The third-order valence-electron chi connectivity index (χ3n) is 3.54. The molecule has 1 aliphatic rings. The minimum atomic E-state index is -1.31. The van der Waals surface area contributed by atoms with Crippen molar-refractivity contribution in [1.82, 2.24) is 0 Å². The van der Waals surface area contributed by atoms with Crippen LogP contribution in [-0.4, -0.2) is 17.3 Å². The predicted molar refractivity (Wildman–Crippen MR) is 74.4 cm³/mol. The third-order valence-corrected chi connectivity index (χ3v) is 3.54. The zero-order chi connectivity index (χ0) is 14.2. The Morgan fingerprint density at radius 1 is 1.05 bits per heavy atom. The average molecular weight is 268 g/mol. The number of carbonyl (C=O) groups is 1. The molecule has 0 fully saturated rings. The van der Waals surface area contributed by atoms with Gasteiger partial charge in [-0.25, -0.2) is 0 Å². The minimum absolute atomic E-state index is 0.254. The van der Waals surface area contributed by atoms with Gasteiger partial charge >= 0.3 is 0 Å². The Morgan fingerprint density at radius 3 is 2.35 bits per heavy atom. The first-order valence-electron chi connectivity index (χ1n) is 6.23. The van der Waals surface area contributed by atoms with Gasteiger partial charge in [0, 0.05) is 16.2 Å². The third kappa shape index (κ3) is 1.75. The Morgan fingerprint density at radius 2 is 1.70 bits per heavy atom. The van der Waals surface area contributed by atoms with Gasteiger partial charge in [-0.05, 0) is 17.7 Å². The molecule has 3 rings (SSSR count). The summed E-state index contributed by atoms with van der Waals surface area (Å²) >= 11 is 0. The number of hydrogen-bond acceptors (Lipinski definition) is 4. The Bertz CT molecular complexity index is 685. The highest BCUT2D eigenvalue weighted by Crippen LogP contribution is 2.39. The molecule has 2 aromatic rings. The first-order valence-corrected chi connectivity index (χ1v) is 6.23. The topological polar surface area (TPSA) is 72.2 Å². The predicted octanol–water partition coefficient (Wildman–Crippen LogP) is 2.47. The lowest BCUT2D eigenvalue weighted by Gasteiger charge is -2.24. The van der Waals surface area contributed by atoms with Crippen molar-refractivity contribution in [3.63, 3.8) is 0 Å². The maximum Gasteiger partial charge on any atom is 0.238 e. The van der Waals surface area contributed by atoms with Gasteiger partial charge in [0.2, 0.25) is 12.3 Å². The van der Waals surface area contributed by atoms with Crippen molar-refractivity contribution < 1.29 is 9.72 Å². The van der Waals surface area contributed by atoms with Gasteiger partial charge in [-0.2, -0.15) is 0 Å². The lowest BCUT2D eigenvalue weighted by atomic mass is 9.86. The summed E-state index contributed by atoms with van der Waals surface area (Å²) in [6, 6.07) is 15.8. The molecule has 0 unspecified atom stereocenters. The summed E-state index contributed by atoms with van der Waals surface area (Å²) in [5, 5.41) is 14.1. The number of anilines is 1. The number of para-hydroxylation sites is 1. The lowest BCUT2D eigenvalue weighted by Crippen LogP contribution is -2.45. The second kappa shape index (κ2) is 4.45. The summed E-state index contributed by atoms with van der Waals surface area (Å²) in [6.07, 6.45) is 0. The fourth-order valence-electron chi connectivity index (χ4n) is 2.63. The van der Waals surface area contributed by atoms with Crippen LogP contribution in [0.5, 0.6) is 0 Å². The van der Waals surface area contributed by atoms with E-state index in [9.17, 15) is 14.9 Å². The van der Waals surface area contributed by atoms with Gasteiger partial charge in [-0.1, -0.05) is 42.5 Å². The molecule has 0 aromatic heterocycles. The second-order valence-corrected chi connectivity index (χ2v) is 4.76. The van der Waals surface area contributed by atoms with Crippen molar-refractivity contribution in [2.24, 2.45) is 0 Å². The Labute approximate surface area is 115 Å². The Balaban J connectivity index is 2.15. The molecule has 1 aliphatic heterocycles. The second-order valence-electron chi connectivity index (χ2n) is 4.76. The van der Waals surface area contributed by atoms with E-state index in [0.29, 0.717) is 16.8 Å². The van der Waals surface area contributed by atoms with Crippen molar-refractivity contribution in [3.8, 4) is 0 Å². The van der Waals surface area contributed by atoms with Crippen LogP contribution < -0.4 is 5.32 Å². The van der Waals surface area contributed by atoms with Crippen LogP contribution >= 0.6 is 0 Å². The van der Waals surface area contributed by atoms with Crippen molar-refractivity contribution in [2.75, 3.05) is 11.9 Å². The lowest BCUT2D eigenvalue weighted by molar-refractivity contribution is -0.486. The maximum absolute atomic E-state index is 12.7. The van der Waals surface area contributed by atoms with Crippen LogP contribution in [0.1, 0.15) is 15.9 Å².